The highest BCUT2D eigenvalue weighted by Gasteiger charge is 1.98. The summed E-state index contributed by atoms with van der Waals surface area (Å²) in [5.74, 6) is 0. The summed E-state index contributed by atoms with van der Waals surface area (Å²) in [6.07, 6.45) is 1.80. The lowest BCUT2D eigenvalue weighted by Crippen LogP contribution is -1.87. The lowest BCUT2D eigenvalue weighted by Gasteiger charge is -1.93. The minimum Gasteiger partial charge on any atom is -0.268 e. The number of fused-ring (bicyclic) bond motifs is 1. The molecule has 1 aromatic carbocycles. The lowest BCUT2D eigenvalue weighted by molar-refractivity contribution is 0.797. The van der Waals surface area contributed by atoms with Crippen LogP contribution in [0.25, 0.3) is 10.9 Å². The van der Waals surface area contributed by atoms with Gasteiger partial charge in [-0.3, -0.25) is 4.68 Å². The number of aryl methyl sites for hydroxylation is 1. The number of hydrogen-bond donors (Lipinski definition) is 0. The van der Waals surface area contributed by atoms with Crippen LogP contribution in [0.5, 0.6) is 0 Å². The van der Waals surface area contributed by atoms with E-state index in [1.807, 2.05) is 29.9 Å². The van der Waals surface area contributed by atoms with Gasteiger partial charge in [0.05, 0.1) is 22.6 Å². The molecular weight excluding hydrogens is 182 g/mol. The Bertz CT molecular complexity index is 495. The fourth-order valence-corrected chi connectivity index (χ4v) is 1.38. The average Bonchev–Trinajstić information content (AvgIpc) is 2.48. The van der Waals surface area contributed by atoms with E-state index in [2.05, 4.69) is 27.5 Å². The largest absolute Gasteiger partial charge is 0.268 e. The summed E-state index contributed by atoms with van der Waals surface area (Å²) in [5.41, 5.74) is 1.90. The van der Waals surface area contributed by atoms with Crippen LogP contribution in [0, 0.1) is 0 Å². The molecular formula is C9H7N3S. The number of rotatable bonds is 1. The predicted molar refractivity (Wildman–Crippen MR) is 55.4 cm³/mol. The monoisotopic (exact) mass is 189 g/mol. The molecule has 0 aliphatic carbocycles. The molecule has 0 spiro atoms. The first kappa shape index (κ1) is 8.10. The molecule has 13 heavy (non-hydrogen) atoms. The Morgan fingerprint density at radius 3 is 3.15 bits per heavy atom. The summed E-state index contributed by atoms with van der Waals surface area (Å²) in [4.78, 5) is 3.89. The molecule has 2 rings (SSSR count). The van der Waals surface area contributed by atoms with Gasteiger partial charge in [-0.15, -0.1) is 0 Å². The predicted octanol–water partition coefficient (Wildman–Crippen LogP) is 2.31. The second-order valence-corrected chi connectivity index (χ2v) is 2.90. The molecule has 0 saturated carbocycles. The topological polar surface area (TPSA) is 30.2 Å². The van der Waals surface area contributed by atoms with Gasteiger partial charge in [-0.25, -0.2) is 0 Å². The van der Waals surface area contributed by atoms with Crippen molar-refractivity contribution in [1.82, 2.24) is 9.78 Å². The van der Waals surface area contributed by atoms with Crippen LogP contribution in [0.3, 0.4) is 0 Å². The van der Waals surface area contributed by atoms with Crippen molar-refractivity contribution >= 4 is 34.0 Å². The maximum atomic E-state index is 4.52. The van der Waals surface area contributed by atoms with Crippen molar-refractivity contribution in [2.75, 3.05) is 0 Å². The molecule has 0 aliphatic heterocycles. The molecule has 1 aromatic heterocycles. The van der Waals surface area contributed by atoms with Gasteiger partial charge >= 0.3 is 0 Å². The van der Waals surface area contributed by atoms with E-state index in [-0.39, 0.29) is 0 Å². The second-order valence-electron chi connectivity index (χ2n) is 2.71. The zero-order valence-electron chi connectivity index (χ0n) is 7.06. The zero-order valence-corrected chi connectivity index (χ0v) is 7.88. The number of aromatic nitrogens is 2. The van der Waals surface area contributed by atoms with E-state index in [9.17, 15) is 0 Å². The molecule has 64 valence electrons. The van der Waals surface area contributed by atoms with E-state index in [1.165, 1.54) is 0 Å². The normalized spacial score (nSPS) is 9.92. The van der Waals surface area contributed by atoms with E-state index in [0.29, 0.717) is 0 Å². The fraction of sp³-hybridized carbons (Fsp3) is 0.111. The number of thiocarbonyl (C=S) groups is 1. The van der Waals surface area contributed by atoms with Crippen LogP contribution in [0.4, 0.5) is 5.69 Å². The van der Waals surface area contributed by atoms with Crippen molar-refractivity contribution in [3.05, 3.63) is 24.4 Å². The van der Waals surface area contributed by atoms with Crippen LogP contribution < -0.4 is 0 Å². The summed E-state index contributed by atoms with van der Waals surface area (Å²) < 4.78 is 1.82. The number of isothiocyanates is 1. The Morgan fingerprint density at radius 1 is 1.54 bits per heavy atom. The third-order valence-corrected chi connectivity index (χ3v) is 2.00. The Balaban J connectivity index is 2.69. The van der Waals surface area contributed by atoms with Gasteiger partial charge in [-0.05, 0) is 30.4 Å². The van der Waals surface area contributed by atoms with Crippen molar-refractivity contribution in [2.24, 2.45) is 12.0 Å². The summed E-state index contributed by atoms with van der Waals surface area (Å²) >= 11 is 4.52. The molecule has 0 fully saturated rings. The third-order valence-electron chi connectivity index (χ3n) is 1.90. The Morgan fingerprint density at radius 2 is 2.38 bits per heavy atom. The molecule has 0 unspecified atom stereocenters. The molecule has 0 aliphatic rings. The van der Waals surface area contributed by atoms with Gasteiger partial charge in [0.2, 0.25) is 0 Å². The Labute approximate surface area is 80.7 Å². The first-order valence-corrected chi connectivity index (χ1v) is 4.22. The van der Waals surface area contributed by atoms with Gasteiger partial charge < -0.3 is 0 Å². The van der Waals surface area contributed by atoms with Crippen LogP contribution in [0.2, 0.25) is 0 Å². The SMILES string of the molecule is Cn1ncc2cc(N=C=S)ccc21. The van der Waals surface area contributed by atoms with E-state index < -0.39 is 0 Å². The molecule has 0 amide bonds. The van der Waals surface area contributed by atoms with Gasteiger partial charge in [-0.1, -0.05) is 0 Å². The van der Waals surface area contributed by atoms with E-state index in [4.69, 9.17) is 0 Å². The quantitative estimate of drug-likeness (QED) is 0.509. The van der Waals surface area contributed by atoms with Crippen molar-refractivity contribution in [1.29, 1.82) is 0 Å². The number of aliphatic imine (C=N–C) groups is 1. The van der Waals surface area contributed by atoms with Crippen LogP contribution in [-0.2, 0) is 7.05 Å². The highest BCUT2D eigenvalue weighted by Crippen LogP contribution is 2.19. The minimum atomic E-state index is 0.815. The highest BCUT2D eigenvalue weighted by molar-refractivity contribution is 7.78. The summed E-state index contributed by atoms with van der Waals surface area (Å²) in [6.45, 7) is 0. The van der Waals surface area contributed by atoms with Crippen LogP contribution in [-0.4, -0.2) is 14.9 Å². The first-order chi connectivity index (χ1) is 6.31. The van der Waals surface area contributed by atoms with E-state index in [0.717, 1.165) is 16.6 Å². The standard InChI is InChI=1S/C9H7N3S/c1-12-9-3-2-8(10-6-13)4-7(9)5-11-12/h2-5H,1H3. The molecule has 3 nitrogen and oxygen atoms in total. The van der Waals surface area contributed by atoms with E-state index >= 15 is 0 Å². The number of benzene rings is 1. The molecule has 2 aromatic rings. The highest BCUT2D eigenvalue weighted by atomic mass is 32.1. The second kappa shape index (κ2) is 3.09. The molecule has 0 bridgehead atoms. The van der Waals surface area contributed by atoms with Crippen molar-refractivity contribution < 1.29 is 0 Å². The smallest absolute Gasteiger partial charge is 0.0747 e. The molecule has 0 saturated heterocycles. The van der Waals surface area contributed by atoms with Crippen LogP contribution >= 0.6 is 12.2 Å². The van der Waals surface area contributed by atoms with Crippen molar-refractivity contribution in [3.63, 3.8) is 0 Å². The van der Waals surface area contributed by atoms with Gasteiger partial charge in [-0.2, -0.15) is 10.1 Å². The lowest BCUT2D eigenvalue weighted by atomic mass is 10.2. The maximum absolute atomic E-state index is 4.52. The minimum absolute atomic E-state index is 0.815. The van der Waals surface area contributed by atoms with Crippen LogP contribution in [0.15, 0.2) is 29.4 Å². The zero-order chi connectivity index (χ0) is 9.26. The average molecular weight is 189 g/mol. The summed E-state index contributed by atoms with van der Waals surface area (Å²) in [6, 6.07) is 5.79. The molecule has 1 heterocycles. The number of nitrogens with zero attached hydrogens (tertiary/aromatic N) is 3. The van der Waals surface area contributed by atoms with Gasteiger partial charge in [0.25, 0.3) is 0 Å². The summed E-state index contributed by atoms with van der Waals surface area (Å²) in [5, 5.41) is 7.53. The maximum Gasteiger partial charge on any atom is 0.0747 e. The number of hydrogen-bond acceptors (Lipinski definition) is 3. The summed E-state index contributed by atoms with van der Waals surface area (Å²) in [7, 11) is 1.91. The Hall–Kier alpha value is -1.51. The van der Waals surface area contributed by atoms with Gasteiger partial charge in [0.15, 0.2) is 0 Å². The van der Waals surface area contributed by atoms with Crippen LogP contribution in [0.1, 0.15) is 0 Å². The third kappa shape index (κ3) is 1.37. The van der Waals surface area contributed by atoms with Crippen molar-refractivity contribution in [2.45, 2.75) is 0 Å². The fourth-order valence-electron chi connectivity index (χ4n) is 1.27. The molecule has 4 heteroatoms. The van der Waals surface area contributed by atoms with E-state index in [1.54, 1.807) is 6.20 Å². The molecule has 0 atom stereocenters. The molecule has 0 radical (unpaired) electrons. The van der Waals surface area contributed by atoms with Gasteiger partial charge in [0, 0.05) is 12.4 Å². The first-order valence-electron chi connectivity index (χ1n) is 3.81. The van der Waals surface area contributed by atoms with Crippen molar-refractivity contribution in [3.8, 4) is 0 Å². The molecule has 0 N–H and O–H groups in total. The Kier molecular flexibility index (Phi) is 1.93. The van der Waals surface area contributed by atoms with Gasteiger partial charge in [0.1, 0.15) is 0 Å².